The van der Waals surface area contributed by atoms with Crippen LogP contribution < -0.4 is 4.90 Å². The molecule has 0 aliphatic carbocycles. The van der Waals surface area contributed by atoms with Gasteiger partial charge < -0.3 is 5.11 Å². The van der Waals surface area contributed by atoms with Crippen LogP contribution in [-0.2, 0) is 5.72 Å². The molecule has 2 atom stereocenters. The minimum absolute atomic E-state index is 0.263. The zero-order valence-corrected chi connectivity index (χ0v) is 19.8. The van der Waals surface area contributed by atoms with Crippen LogP contribution in [0.2, 0.25) is 0 Å². The van der Waals surface area contributed by atoms with Crippen LogP contribution in [0.4, 0.5) is 11.4 Å². The van der Waals surface area contributed by atoms with Gasteiger partial charge in [-0.25, -0.2) is 4.99 Å². The Morgan fingerprint density at radius 2 is 1.36 bits per heavy atom. The number of aliphatic hydroxyl groups is 1. The molecule has 0 bridgehead atoms. The average Bonchev–Trinajstić information content (AvgIpc) is 3.18. The van der Waals surface area contributed by atoms with Crippen LogP contribution in [0, 0.1) is 0 Å². The van der Waals surface area contributed by atoms with Crippen molar-refractivity contribution >= 4 is 40.1 Å². The first kappa shape index (κ1) is 21.8. The summed E-state index contributed by atoms with van der Waals surface area (Å²) in [5.41, 5.74) is 2.32. The average molecular weight is 469 g/mol. The van der Waals surface area contributed by atoms with E-state index in [-0.39, 0.29) is 5.25 Å². The van der Waals surface area contributed by atoms with Gasteiger partial charge in [-0.1, -0.05) is 90.6 Å². The van der Waals surface area contributed by atoms with Crippen molar-refractivity contribution in [3.05, 3.63) is 126 Å². The summed E-state index contributed by atoms with van der Waals surface area (Å²) in [7, 11) is 0. The number of hydrogen-bond donors (Lipinski definition) is 1. The number of amidine groups is 1. The van der Waals surface area contributed by atoms with Crippen LogP contribution in [-0.4, -0.2) is 16.5 Å². The third kappa shape index (κ3) is 4.20. The van der Waals surface area contributed by atoms with Crippen molar-refractivity contribution in [3.8, 4) is 0 Å². The van der Waals surface area contributed by atoms with Crippen LogP contribution in [0.15, 0.2) is 125 Å². The molecular formula is C28H24N2OS2. The molecule has 0 saturated carbocycles. The van der Waals surface area contributed by atoms with E-state index in [1.807, 2.05) is 95.9 Å². The van der Waals surface area contributed by atoms with Crippen LogP contribution in [0.3, 0.4) is 0 Å². The summed E-state index contributed by atoms with van der Waals surface area (Å²) in [5.74, 6) is 0. The van der Waals surface area contributed by atoms with E-state index in [1.54, 1.807) is 23.5 Å². The summed E-state index contributed by atoms with van der Waals surface area (Å²) in [4.78, 5) is 8.13. The summed E-state index contributed by atoms with van der Waals surface area (Å²) in [6, 6.07) is 38.3. The molecule has 0 aromatic heterocycles. The van der Waals surface area contributed by atoms with Gasteiger partial charge in [0.15, 0.2) is 10.9 Å². The number of hydrogen-bond acceptors (Lipinski definition) is 4. The molecule has 0 radical (unpaired) electrons. The predicted molar refractivity (Wildman–Crippen MR) is 141 cm³/mol. The van der Waals surface area contributed by atoms with Gasteiger partial charge in [0, 0.05) is 16.1 Å². The molecule has 1 aliphatic heterocycles. The fourth-order valence-electron chi connectivity index (χ4n) is 4.12. The lowest BCUT2D eigenvalue weighted by Gasteiger charge is -2.38. The molecule has 0 spiro atoms. The molecule has 0 amide bonds. The predicted octanol–water partition coefficient (Wildman–Crippen LogP) is 7.24. The van der Waals surface area contributed by atoms with Crippen molar-refractivity contribution in [1.29, 1.82) is 0 Å². The van der Waals surface area contributed by atoms with Crippen LogP contribution >= 0.6 is 23.5 Å². The van der Waals surface area contributed by atoms with Crippen molar-refractivity contribution in [2.24, 2.45) is 4.99 Å². The summed E-state index contributed by atoms with van der Waals surface area (Å²) in [6.07, 6.45) is 2.06. The van der Waals surface area contributed by atoms with Crippen molar-refractivity contribution in [3.63, 3.8) is 0 Å². The van der Waals surface area contributed by atoms with Gasteiger partial charge in [-0.05, 0) is 48.2 Å². The SMILES string of the molecule is CSc1ccc([C@]2(O)[C@H](c3ccccc3)SC(=Nc3ccccc3)N2c2ccccc2)cc1. The molecule has 5 rings (SSSR count). The summed E-state index contributed by atoms with van der Waals surface area (Å²) >= 11 is 3.29. The lowest BCUT2D eigenvalue weighted by Crippen LogP contribution is -2.46. The normalized spacial score (nSPS) is 21.5. The van der Waals surface area contributed by atoms with Gasteiger partial charge in [-0.15, -0.1) is 11.8 Å². The Morgan fingerprint density at radius 1 is 0.788 bits per heavy atom. The smallest absolute Gasteiger partial charge is 0.187 e. The van der Waals surface area contributed by atoms with Crippen LogP contribution in [0.5, 0.6) is 0 Å². The molecule has 3 nitrogen and oxygen atoms in total. The number of rotatable bonds is 5. The number of anilines is 1. The molecule has 4 aromatic carbocycles. The van der Waals surface area contributed by atoms with E-state index in [2.05, 4.69) is 30.5 Å². The largest absolute Gasteiger partial charge is 0.365 e. The van der Waals surface area contributed by atoms with Gasteiger partial charge in [0.25, 0.3) is 0 Å². The highest BCUT2D eigenvalue weighted by molar-refractivity contribution is 8.14. The fraction of sp³-hybridized carbons (Fsp3) is 0.107. The molecule has 5 heteroatoms. The molecule has 0 unspecified atom stereocenters. The Bertz CT molecular complexity index is 1230. The van der Waals surface area contributed by atoms with Crippen molar-refractivity contribution < 1.29 is 5.11 Å². The van der Waals surface area contributed by atoms with E-state index in [1.165, 1.54) is 0 Å². The minimum atomic E-state index is -1.32. The second-order valence-electron chi connectivity index (χ2n) is 7.76. The molecule has 1 saturated heterocycles. The van der Waals surface area contributed by atoms with Gasteiger partial charge in [-0.3, -0.25) is 4.90 Å². The van der Waals surface area contributed by atoms with Crippen LogP contribution in [0.1, 0.15) is 16.4 Å². The minimum Gasteiger partial charge on any atom is -0.365 e. The van der Waals surface area contributed by atoms with E-state index in [0.717, 1.165) is 32.6 Å². The first-order chi connectivity index (χ1) is 16.2. The second kappa shape index (κ2) is 9.48. The lowest BCUT2D eigenvalue weighted by molar-refractivity contribution is 0.0482. The first-order valence-corrected chi connectivity index (χ1v) is 12.9. The highest BCUT2D eigenvalue weighted by Gasteiger charge is 2.54. The standard InChI is InChI=1S/C28H24N2OS2/c1-32-25-19-17-22(18-20-25)28(31)26(21-11-5-2-6-12-21)33-27(29-23-13-7-3-8-14-23)30(28)24-15-9-4-10-16-24/h2-20,26,31H,1H3/t26-,28-/m0/s1. The number of thioether (sulfide) groups is 2. The first-order valence-electron chi connectivity index (χ1n) is 10.8. The van der Waals surface area contributed by atoms with E-state index < -0.39 is 5.72 Å². The van der Waals surface area contributed by atoms with E-state index in [0.29, 0.717) is 0 Å². The van der Waals surface area contributed by atoms with Gasteiger partial charge in [0.05, 0.1) is 10.9 Å². The Hall–Kier alpha value is -2.99. The summed E-state index contributed by atoms with van der Waals surface area (Å²) < 4.78 is 0. The van der Waals surface area contributed by atoms with Crippen molar-refractivity contribution in [2.45, 2.75) is 15.9 Å². The van der Waals surface area contributed by atoms with Gasteiger partial charge in [-0.2, -0.15) is 0 Å². The van der Waals surface area contributed by atoms with Crippen LogP contribution in [0.25, 0.3) is 0 Å². The molecule has 1 N–H and O–H groups in total. The number of nitrogens with zero attached hydrogens (tertiary/aromatic N) is 2. The lowest BCUT2D eigenvalue weighted by atomic mass is 9.92. The third-order valence-corrected chi connectivity index (χ3v) is 7.80. The summed E-state index contributed by atoms with van der Waals surface area (Å²) in [6.45, 7) is 0. The third-order valence-electron chi connectivity index (χ3n) is 5.73. The quantitative estimate of drug-likeness (QED) is 0.313. The highest BCUT2D eigenvalue weighted by atomic mass is 32.2. The second-order valence-corrected chi connectivity index (χ2v) is 9.72. The molecule has 1 heterocycles. The number of benzene rings is 4. The number of para-hydroxylation sites is 2. The summed E-state index contributed by atoms with van der Waals surface area (Å²) in [5, 5.41) is 13.1. The van der Waals surface area contributed by atoms with E-state index in [9.17, 15) is 5.11 Å². The molecule has 164 valence electrons. The molecular weight excluding hydrogens is 444 g/mol. The highest BCUT2D eigenvalue weighted by Crippen LogP contribution is 2.56. The number of aliphatic imine (C=N–C) groups is 1. The fourth-order valence-corrected chi connectivity index (χ4v) is 5.95. The maximum atomic E-state index is 12.6. The Morgan fingerprint density at radius 3 is 1.97 bits per heavy atom. The van der Waals surface area contributed by atoms with Gasteiger partial charge >= 0.3 is 0 Å². The monoisotopic (exact) mass is 468 g/mol. The Kier molecular flexibility index (Phi) is 6.27. The zero-order valence-electron chi connectivity index (χ0n) is 18.2. The molecule has 33 heavy (non-hydrogen) atoms. The maximum absolute atomic E-state index is 12.6. The Balaban J connectivity index is 1.73. The van der Waals surface area contributed by atoms with Crippen molar-refractivity contribution in [1.82, 2.24) is 0 Å². The maximum Gasteiger partial charge on any atom is 0.187 e. The Labute approximate surface area is 203 Å². The topological polar surface area (TPSA) is 35.8 Å². The molecule has 4 aromatic rings. The molecule has 1 aliphatic rings. The van der Waals surface area contributed by atoms with Gasteiger partial charge in [0.2, 0.25) is 0 Å². The molecule has 1 fully saturated rings. The van der Waals surface area contributed by atoms with E-state index >= 15 is 0 Å². The van der Waals surface area contributed by atoms with Crippen molar-refractivity contribution in [2.75, 3.05) is 11.2 Å². The van der Waals surface area contributed by atoms with Gasteiger partial charge in [0.1, 0.15) is 0 Å². The van der Waals surface area contributed by atoms with E-state index in [4.69, 9.17) is 4.99 Å². The zero-order chi connectivity index (χ0) is 22.7.